The fourth-order valence-corrected chi connectivity index (χ4v) is 3.82. The van der Waals surface area contributed by atoms with Crippen molar-refractivity contribution in [2.24, 2.45) is 5.92 Å². The lowest BCUT2D eigenvalue weighted by Gasteiger charge is -2.29. The Morgan fingerprint density at radius 2 is 1.74 bits per heavy atom. The predicted molar refractivity (Wildman–Crippen MR) is 109 cm³/mol. The molecule has 27 heavy (non-hydrogen) atoms. The van der Waals surface area contributed by atoms with Crippen LogP contribution in [0.4, 0.5) is 4.79 Å². The van der Waals surface area contributed by atoms with E-state index in [0.29, 0.717) is 6.54 Å². The molecule has 1 aliphatic rings. The Labute approximate surface area is 162 Å². The first kappa shape index (κ1) is 19.3. The van der Waals surface area contributed by atoms with Gasteiger partial charge in [-0.15, -0.1) is 0 Å². The van der Waals surface area contributed by atoms with E-state index in [9.17, 15) is 4.79 Å². The van der Waals surface area contributed by atoms with Gasteiger partial charge in [0.1, 0.15) is 5.75 Å². The first-order chi connectivity index (χ1) is 13.1. The van der Waals surface area contributed by atoms with E-state index in [4.69, 9.17) is 4.74 Å². The molecule has 4 heteroatoms. The van der Waals surface area contributed by atoms with Crippen molar-refractivity contribution in [2.75, 3.05) is 7.11 Å². The van der Waals surface area contributed by atoms with E-state index in [0.717, 1.165) is 36.5 Å². The van der Waals surface area contributed by atoms with E-state index < -0.39 is 0 Å². The number of hydrogen-bond acceptors (Lipinski definition) is 2. The summed E-state index contributed by atoms with van der Waals surface area (Å²) in [4.78, 5) is 12.2. The van der Waals surface area contributed by atoms with Gasteiger partial charge in [-0.05, 0) is 73.8 Å². The fourth-order valence-electron chi connectivity index (χ4n) is 3.82. The Balaban J connectivity index is 1.38. The number of hydrogen-bond donors (Lipinski definition) is 2. The zero-order chi connectivity index (χ0) is 19.1. The monoisotopic (exact) mass is 366 g/mol. The quantitative estimate of drug-likeness (QED) is 0.785. The third kappa shape index (κ3) is 5.75. The van der Waals surface area contributed by atoms with Crippen LogP contribution in [0.15, 0.2) is 48.5 Å². The lowest BCUT2D eigenvalue weighted by atomic mass is 9.82. The van der Waals surface area contributed by atoms with Gasteiger partial charge in [0.25, 0.3) is 0 Å². The first-order valence-corrected chi connectivity index (χ1v) is 9.86. The Kier molecular flexibility index (Phi) is 6.74. The highest BCUT2D eigenvalue weighted by Gasteiger charge is 2.22. The second kappa shape index (κ2) is 9.45. The predicted octanol–water partition coefficient (Wildman–Crippen LogP) is 4.60. The molecular formula is C23H30N2O2. The lowest BCUT2D eigenvalue weighted by Crippen LogP contribution is -2.43. The molecule has 0 radical (unpaired) electrons. The molecule has 0 spiro atoms. The molecule has 1 saturated carbocycles. The summed E-state index contributed by atoms with van der Waals surface area (Å²) < 4.78 is 5.15. The number of nitrogens with one attached hydrogen (secondary N) is 2. The van der Waals surface area contributed by atoms with Gasteiger partial charge < -0.3 is 15.4 Å². The average molecular weight is 367 g/mol. The summed E-state index contributed by atoms with van der Waals surface area (Å²) in [5.41, 5.74) is 3.91. The molecule has 0 aromatic heterocycles. The second-order valence-corrected chi connectivity index (χ2v) is 7.52. The number of aryl methyl sites for hydroxylation is 1. The van der Waals surface area contributed by atoms with Crippen molar-refractivity contribution < 1.29 is 9.53 Å². The van der Waals surface area contributed by atoms with Crippen LogP contribution in [0.3, 0.4) is 0 Å². The molecule has 0 heterocycles. The minimum atomic E-state index is -0.0758. The molecule has 0 atom stereocenters. The minimum absolute atomic E-state index is 0.0758. The maximum absolute atomic E-state index is 12.2. The molecule has 4 nitrogen and oxygen atoms in total. The highest BCUT2D eigenvalue weighted by atomic mass is 16.5. The van der Waals surface area contributed by atoms with E-state index in [-0.39, 0.29) is 12.1 Å². The first-order valence-electron chi connectivity index (χ1n) is 9.86. The number of urea groups is 1. The standard InChI is InChI=1S/C23H30N2O2/c1-17-5-3-4-6-20(17)15-18-7-11-21(12-8-18)25-23(26)24-16-19-9-13-22(27-2)14-10-19/h3-6,9-10,13-14,18,21H,7-8,11-12,15-16H2,1-2H3,(H2,24,25,26). The molecule has 0 unspecified atom stereocenters. The van der Waals surface area contributed by atoms with E-state index in [2.05, 4.69) is 41.8 Å². The maximum atomic E-state index is 12.2. The molecule has 2 N–H and O–H groups in total. The summed E-state index contributed by atoms with van der Waals surface area (Å²) >= 11 is 0. The third-order valence-corrected chi connectivity index (χ3v) is 5.56. The number of ether oxygens (including phenoxy) is 1. The van der Waals surface area contributed by atoms with E-state index in [1.807, 2.05) is 24.3 Å². The molecule has 1 aliphatic carbocycles. The second-order valence-electron chi connectivity index (χ2n) is 7.52. The van der Waals surface area contributed by atoms with Crippen molar-refractivity contribution in [3.8, 4) is 5.75 Å². The van der Waals surface area contributed by atoms with Crippen molar-refractivity contribution in [1.82, 2.24) is 10.6 Å². The summed E-state index contributed by atoms with van der Waals surface area (Å²) in [6.45, 7) is 2.72. The minimum Gasteiger partial charge on any atom is -0.497 e. The van der Waals surface area contributed by atoms with Crippen LogP contribution in [0.5, 0.6) is 5.75 Å². The van der Waals surface area contributed by atoms with E-state index in [1.54, 1.807) is 7.11 Å². The summed E-state index contributed by atoms with van der Waals surface area (Å²) in [5, 5.41) is 6.08. The third-order valence-electron chi connectivity index (χ3n) is 5.56. The smallest absolute Gasteiger partial charge is 0.315 e. The van der Waals surface area contributed by atoms with Gasteiger partial charge >= 0.3 is 6.03 Å². The van der Waals surface area contributed by atoms with Gasteiger partial charge in [0.15, 0.2) is 0 Å². The van der Waals surface area contributed by atoms with Crippen LogP contribution in [0.1, 0.15) is 42.4 Å². The van der Waals surface area contributed by atoms with Crippen molar-refractivity contribution in [3.05, 3.63) is 65.2 Å². The van der Waals surface area contributed by atoms with Crippen molar-refractivity contribution >= 4 is 6.03 Å². The van der Waals surface area contributed by atoms with Gasteiger partial charge in [-0.3, -0.25) is 0 Å². The number of rotatable bonds is 6. The molecule has 144 valence electrons. The van der Waals surface area contributed by atoms with Gasteiger partial charge in [-0.1, -0.05) is 36.4 Å². The molecular weight excluding hydrogens is 336 g/mol. The lowest BCUT2D eigenvalue weighted by molar-refractivity contribution is 0.226. The van der Waals surface area contributed by atoms with E-state index in [1.165, 1.54) is 24.0 Å². The maximum Gasteiger partial charge on any atom is 0.315 e. The molecule has 0 bridgehead atoms. The molecule has 3 rings (SSSR count). The van der Waals surface area contributed by atoms with Gasteiger partial charge in [0.05, 0.1) is 7.11 Å². The van der Waals surface area contributed by atoms with Gasteiger partial charge in [-0.2, -0.15) is 0 Å². The molecule has 2 aromatic carbocycles. The van der Waals surface area contributed by atoms with Crippen LogP contribution in [-0.4, -0.2) is 19.2 Å². The number of methoxy groups -OCH3 is 1. The Morgan fingerprint density at radius 1 is 1.04 bits per heavy atom. The molecule has 1 fully saturated rings. The molecule has 0 aliphatic heterocycles. The van der Waals surface area contributed by atoms with Crippen LogP contribution < -0.4 is 15.4 Å². The fraction of sp³-hybridized carbons (Fsp3) is 0.435. The Morgan fingerprint density at radius 3 is 2.41 bits per heavy atom. The van der Waals surface area contributed by atoms with Gasteiger partial charge in [0, 0.05) is 12.6 Å². The van der Waals surface area contributed by atoms with Crippen molar-refractivity contribution in [1.29, 1.82) is 0 Å². The number of benzene rings is 2. The summed E-state index contributed by atoms with van der Waals surface area (Å²) in [7, 11) is 1.65. The highest BCUT2D eigenvalue weighted by Crippen LogP contribution is 2.28. The summed E-state index contributed by atoms with van der Waals surface area (Å²) in [6.07, 6.45) is 5.64. The normalized spacial score (nSPS) is 19.3. The van der Waals surface area contributed by atoms with Crippen LogP contribution in [0.25, 0.3) is 0 Å². The zero-order valence-electron chi connectivity index (χ0n) is 16.3. The molecule has 2 aromatic rings. The highest BCUT2D eigenvalue weighted by molar-refractivity contribution is 5.74. The van der Waals surface area contributed by atoms with Crippen LogP contribution >= 0.6 is 0 Å². The molecule has 2 amide bonds. The van der Waals surface area contributed by atoms with Gasteiger partial charge in [0.2, 0.25) is 0 Å². The number of carbonyl (C=O) groups excluding carboxylic acids is 1. The van der Waals surface area contributed by atoms with Crippen LogP contribution in [0.2, 0.25) is 0 Å². The SMILES string of the molecule is COc1ccc(CNC(=O)NC2CCC(Cc3ccccc3C)CC2)cc1. The van der Waals surface area contributed by atoms with Crippen LogP contribution in [0, 0.1) is 12.8 Å². The Hall–Kier alpha value is -2.49. The average Bonchev–Trinajstić information content (AvgIpc) is 2.70. The Bertz CT molecular complexity index is 734. The van der Waals surface area contributed by atoms with Crippen LogP contribution in [-0.2, 0) is 13.0 Å². The summed E-state index contributed by atoms with van der Waals surface area (Å²) in [5.74, 6) is 1.55. The largest absolute Gasteiger partial charge is 0.497 e. The zero-order valence-corrected chi connectivity index (χ0v) is 16.3. The van der Waals surface area contributed by atoms with E-state index >= 15 is 0 Å². The van der Waals surface area contributed by atoms with Crippen molar-refractivity contribution in [3.63, 3.8) is 0 Å². The topological polar surface area (TPSA) is 50.4 Å². The number of amides is 2. The summed E-state index contributed by atoms with van der Waals surface area (Å²) in [6, 6.07) is 16.6. The number of carbonyl (C=O) groups is 1. The van der Waals surface area contributed by atoms with Crippen molar-refractivity contribution in [2.45, 2.75) is 51.6 Å². The molecule has 0 saturated heterocycles. The van der Waals surface area contributed by atoms with Gasteiger partial charge in [-0.25, -0.2) is 4.79 Å².